The normalized spacial score (nSPS) is 12.7. The van der Waals surface area contributed by atoms with Crippen molar-refractivity contribution in [1.82, 2.24) is 9.80 Å². The predicted octanol–water partition coefficient (Wildman–Crippen LogP) is 2.02. The number of benzene rings is 1. The van der Waals surface area contributed by atoms with E-state index in [-0.39, 0.29) is 12.6 Å². The summed E-state index contributed by atoms with van der Waals surface area (Å²) in [5, 5.41) is 18.3. The van der Waals surface area contributed by atoms with E-state index in [2.05, 4.69) is 36.9 Å². The Morgan fingerprint density at radius 1 is 1.20 bits per heavy atom. The quantitative estimate of drug-likeness (QED) is 0.788. The van der Waals surface area contributed by atoms with Gasteiger partial charge in [0.2, 0.25) is 0 Å². The molecular weight excluding hydrogens is 250 g/mol. The number of rotatable bonds is 8. The Kier molecular flexibility index (Phi) is 7.24. The second-order valence-electron chi connectivity index (χ2n) is 4.94. The molecule has 1 rings (SSSR count). The standard InChI is InChI=1S/C16H25N3O/c1-4-19(5-2)13-14-6-8-15(9-7-14)16(12-17)18(3)10-11-20/h6-9,16,20H,4-5,10-11,13H2,1-3H3. The van der Waals surface area contributed by atoms with Crippen LogP contribution in [0, 0.1) is 11.3 Å². The molecule has 0 saturated heterocycles. The van der Waals surface area contributed by atoms with Gasteiger partial charge in [0.25, 0.3) is 0 Å². The van der Waals surface area contributed by atoms with E-state index in [1.165, 1.54) is 5.56 Å². The van der Waals surface area contributed by atoms with Gasteiger partial charge in [0, 0.05) is 13.1 Å². The Morgan fingerprint density at radius 3 is 2.25 bits per heavy atom. The van der Waals surface area contributed by atoms with Crippen molar-refractivity contribution in [2.75, 3.05) is 33.3 Å². The van der Waals surface area contributed by atoms with Gasteiger partial charge in [-0.25, -0.2) is 0 Å². The molecule has 20 heavy (non-hydrogen) atoms. The van der Waals surface area contributed by atoms with Crippen LogP contribution in [0.1, 0.15) is 31.0 Å². The van der Waals surface area contributed by atoms with Crippen molar-refractivity contribution >= 4 is 0 Å². The van der Waals surface area contributed by atoms with Gasteiger partial charge in [0.15, 0.2) is 0 Å². The molecular formula is C16H25N3O. The van der Waals surface area contributed by atoms with Gasteiger partial charge in [-0.3, -0.25) is 9.80 Å². The van der Waals surface area contributed by atoms with Gasteiger partial charge in [0.05, 0.1) is 12.7 Å². The van der Waals surface area contributed by atoms with Crippen LogP contribution in [0.5, 0.6) is 0 Å². The topological polar surface area (TPSA) is 50.5 Å². The molecule has 1 atom stereocenters. The molecule has 0 radical (unpaired) electrons. The Balaban J connectivity index is 2.76. The molecule has 0 aliphatic rings. The zero-order valence-corrected chi connectivity index (χ0v) is 12.7. The Morgan fingerprint density at radius 2 is 1.80 bits per heavy atom. The minimum absolute atomic E-state index is 0.0642. The van der Waals surface area contributed by atoms with Crippen molar-refractivity contribution in [1.29, 1.82) is 5.26 Å². The highest BCUT2D eigenvalue weighted by Crippen LogP contribution is 2.19. The van der Waals surface area contributed by atoms with Gasteiger partial charge in [-0.05, 0) is 31.3 Å². The number of likely N-dealkylation sites (N-methyl/N-ethyl adjacent to an activating group) is 1. The Labute approximate surface area is 122 Å². The van der Waals surface area contributed by atoms with Gasteiger partial charge in [-0.15, -0.1) is 0 Å². The lowest BCUT2D eigenvalue weighted by Gasteiger charge is -2.22. The number of aliphatic hydroxyl groups is 1. The molecule has 0 aliphatic heterocycles. The monoisotopic (exact) mass is 275 g/mol. The van der Waals surface area contributed by atoms with Crippen LogP contribution in [-0.4, -0.2) is 48.2 Å². The fourth-order valence-corrected chi connectivity index (χ4v) is 2.23. The first-order chi connectivity index (χ1) is 9.65. The van der Waals surface area contributed by atoms with E-state index >= 15 is 0 Å². The third-order valence-corrected chi connectivity index (χ3v) is 3.61. The molecule has 0 aliphatic carbocycles. The number of nitriles is 1. The van der Waals surface area contributed by atoms with Crippen molar-refractivity contribution in [3.05, 3.63) is 35.4 Å². The summed E-state index contributed by atoms with van der Waals surface area (Å²) in [6, 6.07) is 10.2. The van der Waals surface area contributed by atoms with Crippen LogP contribution >= 0.6 is 0 Å². The first-order valence-electron chi connectivity index (χ1n) is 7.18. The van der Waals surface area contributed by atoms with Gasteiger partial charge >= 0.3 is 0 Å². The molecule has 0 saturated carbocycles. The highest BCUT2D eigenvalue weighted by Gasteiger charge is 2.15. The number of hydrogen-bond acceptors (Lipinski definition) is 4. The zero-order chi connectivity index (χ0) is 15.0. The largest absolute Gasteiger partial charge is 0.395 e. The first kappa shape index (κ1) is 16.6. The van der Waals surface area contributed by atoms with Gasteiger partial charge in [-0.1, -0.05) is 38.1 Å². The molecule has 1 aromatic carbocycles. The molecule has 0 bridgehead atoms. The SMILES string of the molecule is CCN(CC)Cc1ccc(C(C#N)N(C)CCO)cc1. The third-order valence-electron chi connectivity index (χ3n) is 3.61. The van der Waals surface area contributed by atoms with Crippen molar-refractivity contribution in [2.45, 2.75) is 26.4 Å². The maximum atomic E-state index is 9.29. The smallest absolute Gasteiger partial charge is 0.123 e. The molecule has 0 amide bonds. The van der Waals surface area contributed by atoms with E-state index in [0.29, 0.717) is 6.54 Å². The number of nitrogens with zero attached hydrogens (tertiary/aromatic N) is 3. The summed E-state index contributed by atoms with van der Waals surface area (Å²) in [6.07, 6.45) is 0. The van der Waals surface area contributed by atoms with Crippen LogP contribution in [-0.2, 0) is 6.54 Å². The number of hydrogen-bond donors (Lipinski definition) is 1. The summed E-state index contributed by atoms with van der Waals surface area (Å²) >= 11 is 0. The first-order valence-corrected chi connectivity index (χ1v) is 7.18. The summed E-state index contributed by atoms with van der Waals surface area (Å²) in [7, 11) is 1.86. The molecule has 1 aromatic rings. The minimum Gasteiger partial charge on any atom is -0.395 e. The minimum atomic E-state index is -0.301. The highest BCUT2D eigenvalue weighted by molar-refractivity contribution is 5.28. The van der Waals surface area contributed by atoms with E-state index in [0.717, 1.165) is 25.2 Å². The van der Waals surface area contributed by atoms with Crippen molar-refractivity contribution in [3.63, 3.8) is 0 Å². The molecule has 1 unspecified atom stereocenters. The van der Waals surface area contributed by atoms with E-state index in [4.69, 9.17) is 5.11 Å². The molecule has 0 spiro atoms. The van der Waals surface area contributed by atoms with E-state index in [1.54, 1.807) is 0 Å². The van der Waals surface area contributed by atoms with Crippen LogP contribution in [0.2, 0.25) is 0 Å². The van der Waals surface area contributed by atoms with Gasteiger partial charge < -0.3 is 5.11 Å². The van der Waals surface area contributed by atoms with E-state index in [9.17, 15) is 5.26 Å². The van der Waals surface area contributed by atoms with Crippen LogP contribution in [0.4, 0.5) is 0 Å². The van der Waals surface area contributed by atoms with E-state index in [1.807, 2.05) is 24.1 Å². The molecule has 4 heteroatoms. The molecule has 0 aromatic heterocycles. The molecule has 1 N–H and O–H groups in total. The van der Waals surface area contributed by atoms with Crippen LogP contribution < -0.4 is 0 Å². The lowest BCUT2D eigenvalue weighted by Crippen LogP contribution is -2.26. The van der Waals surface area contributed by atoms with Crippen LogP contribution in [0.15, 0.2) is 24.3 Å². The van der Waals surface area contributed by atoms with Gasteiger partial charge in [0.1, 0.15) is 6.04 Å². The second kappa shape index (κ2) is 8.70. The summed E-state index contributed by atoms with van der Waals surface area (Å²) in [6.45, 7) is 7.91. The number of aliphatic hydroxyl groups excluding tert-OH is 1. The summed E-state index contributed by atoms with van der Waals surface area (Å²) in [5.41, 5.74) is 2.24. The average molecular weight is 275 g/mol. The van der Waals surface area contributed by atoms with E-state index < -0.39 is 0 Å². The maximum Gasteiger partial charge on any atom is 0.123 e. The summed E-state index contributed by atoms with van der Waals surface area (Å²) in [4.78, 5) is 4.22. The fraction of sp³-hybridized carbons (Fsp3) is 0.562. The molecule has 110 valence electrons. The third kappa shape index (κ3) is 4.61. The Bertz CT molecular complexity index is 420. The maximum absolute atomic E-state index is 9.29. The average Bonchev–Trinajstić information content (AvgIpc) is 2.47. The molecule has 4 nitrogen and oxygen atoms in total. The van der Waals surface area contributed by atoms with Crippen molar-refractivity contribution in [3.8, 4) is 6.07 Å². The lowest BCUT2D eigenvalue weighted by molar-refractivity contribution is 0.203. The van der Waals surface area contributed by atoms with Gasteiger partial charge in [-0.2, -0.15) is 5.26 Å². The fourth-order valence-electron chi connectivity index (χ4n) is 2.23. The second-order valence-corrected chi connectivity index (χ2v) is 4.94. The molecule has 0 heterocycles. The van der Waals surface area contributed by atoms with Crippen molar-refractivity contribution in [2.24, 2.45) is 0 Å². The highest BCUT2D eigenvalue weighted by atomic mass is 16.3. The lowest BCUT2D eigenvalue weighted by atomic mass is 10.0. The van der Waals surface area contributed by atoms with Crippen molar-refractivity contribution < 1.29 is 5.11 Å². The van der Waals surface area contributed by atoms with Crippen LogP contribution in [0.3, 0.4) is 0 Å². The van der Waals surface area contributed by atoms with Crippen LogP contribution in [0.25, 0.3) is 0 Å². The summed E-state index contributed by atoms with van der Waals surface area (Å²) in [5.74, 6) is 0. The summed E-state index contributed by atoms with van der Waals surface area (Å²) < 4.78 is 0. The predicted molar refractivity (Wildman–Crippen MR) is 81.1 cm³/mol. The Hall–Kier alpha value is -1.41. The molecule has 0 fully saturated rings. The zero-order valence-electron chi connectivity index (χ0n) is 12.7.